The third-order valence-electron chi connectivity index (χ3n) is 4.10. The van der Waals surface area contributed by atoms with Gasteiger partial charge < -0.3 is 23.7 Å². The van der Waals surface area contributed by atoms with Crippen LogP contribution < -0.4 is 23.7 Å². The molecule has 0 fully saturated rings. The van der Waals surface area contributed by atoms with E-state index >= 15 is 0 Å². The van der Waals surface area contributed by atoms with Crippen LogP contribution >= 0.6 is 0 Å². The summed E-state index contributed by atoms with van der Waals surface area (Å²) in [4.78, 5) is 0. The summed E-state index contributed by atoms with van der Waals surface area (Å²) < 4.78 is 27.1. The summed E-state index contributed by atoms with van der Waals surface area (Å²) in [5, 5.41) is 0. The number of benzene rings is 2. The average Bonchev–Trinajstić information content (AvgIpc) is 3.06. The Morgan fingerprint density at radius 3 is 2.13 bits per heavy atom. The predicted molar refractivity (Wildman–Crippen MR) is 86.2 cm³/mol. The molecule has 1 heterocycles. The Morgan fingerprint density at radius 2 is 1.48 bits per heavy atom. The number of rotatable bonds is 5. The first-order valence-corrected chi connectivity index (χ1v) is 7.37. The predicted octanol–water partition coefficient (Wildman–Crippen LogP) is 3.59. The van der Waals surface area contributed by atoms with Crippen molar-refractivity contribution in [3.63, 3.8) is 0 Å². The molecule has 0 saturated carbocycles. The van der Waals surface area contributed by atoms with Gasteiger partial charge in [-0.2, -0.15) is 0 Å². The van der Waals surface area contributed by atoms with E-state index in [1.165, 1.54) is 0 Å². The lowest BCUT2D eigenvalue weighted by Gasteiger charge is -2.18. The van der Waals surface area contributed by atoms with Crippen LogP contribution in [0.25, 0.3) is 0 Å². The highest BCUT2D eigenvalue weighted by molar-refractivity contribution is 5.55. The fraction of sp³-hybridized carbons (Fsp3) is 0.333. The highest BCUT2D eigenvalue weighted by Crippen LogP contribution is 2.43. The van der Waals surface area contributed by atoms with Crippen LogP contribution in [0.5, 0.6) is 28.7 Å². The molecule has 0 bridgehead atoms. The topological polar surface area (TPSA) is 46.2 Å². The zero-order valence-corrected chi connectivity index (χ0v) is 13.7. The van der Waals surface area contributed by atoms with E-state index in [4.69, 9.17) is 23.7 Å². The Morgan fingerprint density at radius 1 is 0.826 bits per heavy atom. The second kappa shape index (κ2) is 6.28. The molecule has 1 atom stereocenters. The van der Waals surface area contributed by atoms with Gasteiger partial charge in [0.1, 0.15) is 5.75 Å². The molecule has 0 N–H and O–H groups in total. The maximum atomic E-state index is 5.52. The molecule has 122 valence electrons. The molecular formula is C18H20O5. The molecule has 0 saturated heterocycles. The van der Waals surface area contributed by atoms with Gasteiger partial charge in [0.05, 0.1) is 21.3 Å². The van der Waals surface area contributed by atoms with Crippen molar-refractivity contribution in [2.45, 2.75) is 12.8 Å². The van der Waals surface area contributed by atoms with Gasteiger partial charge in [0.15, 0.2) is 23.0 Å². The Hall–Kier alpha value is -2.56. The van der Waals surface area contributed by atoms with E-state index in [0.29, 0.717) is 17.2 Å². The second-order valence-electron chi connectivity index (χ2n) is 5.28. The maximum absolute atomic E-state index is 5.52. The standard InChI is InChI=1S/C18H20O5/c1-11(12-5-6-14(19-2)16(7-12)21-4)13-8-17-18(23-10-22-17)9-15(13)20-3/h5-9,11H,10H2,1-4H3/t11-/m1/s1. The summed E-state index contributed by atoms with van der Waals surface area (Å²) >= 11 is 0. The molecule has 0 amide bonds. The molecule has 23 heavy (non-hydrogen) atoms. The Balaban J connectivity index is 2.01. The van der Waals surface area contributed by atoms with E-state index in [2.05, 4.69) is 6.92 Å². The van der Waals surface area contributed by atoms with E-state index in [9.17, 15) is 0 Å². The first-order valence-electron chi connectivity index (χ1n) is 7.37. The molecule has 0 radical (unpaired) electrons. The van der Waals surface area contributed by atoms with Crippen molar-refractivity contribution in [2.75, 3.05) is 28.1 Å². The van der Waals surface area contributed by atoms with Gasteiger partial charge in [-0.25, -0.2) is 0 Å². The van der Waals surface area contributed by atoms with E-state index < -0.39 is 0 Å². The first kappa shape index (κ1) is 15.3. The summed E-state index contributed by atoms with van der Waals surface area (Å²) in [7, 11) is 4.91. The number of hydrogen-bond donors (Lipinski definition) is 0. The number of hydrogen-bond acceptors (Lipinski definition) is 5. The number of ether oxygens (including phenoxy) is 5. The summed E-state index contributed by atoms with van der Waals surface area (Å²) in [6.07, 6.45) is 0. The Labute approximate surface area is 135 Å². The van der Waals surface area contributed by atoms with Crippen LogP contribution in [-0.2, 0) is 0 Å². The van der Waals surface area contributed by atoms with Crippen molar-refractivity contribution in [3.8, 4) is 28.7 Å². The normalized spacial score (nSPS) is 13.6. The third-order valence-corrected chi connectivity index (χ3v) is 4.10. The van der Waals surface area contributed by atoms with Crippen molar-refractivity contribution in [3.05, 3.63) is 41.5 Å². The second-order valence-corrected chi connectivity index (χ2v) is 5.28. The molecule has 2 aromatic rings. The minimum atomic E-state index is 0.0965. The summed E-state index contributed by atoms with van der Waals surface area (Å²) in [5.74, 6) is 3.74. The largest absolute Gasteiger partial charge is 0.496 e. The van der Waals surface area contributed by atoms with Crippen LogP contribution in [0, 0.1) is 0 Å². The first-order chi connectivity index (χ1) is 11.2. The van der Waals surface area contributed by atoms with E-state index in [0.717, 1.165) is 22.6 Å². The van der Waals surface area contributed by atoms with Crippen molar-refractivity contribution in [1.29, 1.82) is 0 Å². The molecule has 1 aliphatic heterocycles. The van der Waals surface area contributed by atoms with Gasteiger partial charge in [0.2, 0.25) is 6.79 Å². The average molecular weight is 316 g/mol. The minimum absolute atomic E-state index is 0.0965. The molecule has 0 aliphatic carbocycles. The highest BCUT2D eigenvalue weighted by Gasteiger charge is 2.22. The molecule has 2 aromatic carbocycles. The molecule has 0 unspecified atom stereocenters. The smallest absolute Gasteiger partial charge is 0.231 e. The molecule has 0 spiro atoms. The van der Waals surface area contributed by atoms with E-state index in [1.54, 1.807) is 21.3 Å². The molecule has 5 heteroatoms. The van der Waals surface area contributed by atoms with Gasteiger partial charge in [-0.1, -0.05) is 13.0 Å². The molecular weight excluding hydrogens is 296 g/mol. The van der Waals surface area contributed by atoms with Crippen LogP contribution in [-0.4, -0.2) is 28.1 Å². The van der Waals surface area contributed by atoms with Gasteiger partial charge in [-0.05, 0) is 23.8 Å². The zero-order chi connectivity index (χ0) is 16.4. The Kier molecular flexibility index (Phi) is 4.19. The quantitative estimate of drug-likeness (QED) is 0.843. The van der Waals surface area contributed by atoms with Crippen LogP contribution in [0.3, 0.4) is 0 Å². The Bertz CT molecular complexity index is 711. The van der Waals surface area contributed by atoms with Crippen LogP contribution in [0.2, 0.25) is 0 Å². The fourth-order valence-electron chi connectivity index (χ4n) is 2.76. The molecule has 0 aromatic heterocycles. The van der Waals surface area contributed by atoms with Gasteiger partial charge in [-0.3, -0.25) is 0 Å². The summed E-state index contributed by atoms with van der Waals surface area (Å²) in [5.41, 5.74) is 2.13. The lowest BCUT2D eigenvalue weighted by molar-refractivity contribution is 0.174. The maximum Gasteiger partial charge on any atom is 0.231 e. The minimum Gasteiger partial charge on any atom is -0.496 e. The number of fused-ring (bicyclic) bond motifs is 1. The van der Waals surface area contributed by atoms with E-state index in [1.807, 2.05) is 30.3 Å². The van der Waals surface area contributed by atoms with Crippen LogP contribution in [0.4, 0.5) is 0 Å². The number of methoxy groups -OCH3 is 3. The lowest BCUT2D eigenvalue weighted by atomic mass is 9.91. The van der Waals surface area contributed by atoms with Gasteiger partial charge in [-0.15, -0.1) is 0 Å². The van der Waals surface area contributed by atoms with Gasteiger partial charge in [0, 0.05) is 17.5 Å². The van der Waals surface area contributed by atoms with Gasteiger partial charge >= 0.3 is 0 Å². The highest BCUT2D eigenvalue weighted by atomic mass is 16.7. The summed E-state index contributed by atoms with van der Waals surface area (Å²) in [6, 6.07) is 9.76. The zero-order valence-electron chi connectivity index (χ0n) is 13.7. The van der Waals surface area contributed by atoms with E-state index in [-0.39, 0.29) is 12.7 Å². The summed E-state index contributed by atoms with van der Waals surface area (Å²) in [6.45, 7) is 2.36. The van der Waals surface area contributed by atoms with Crippen LogP contribution in [0.1, 0.15) is 24.0 Å². The van der Waals surface area contributed by atoms with Crippen molar-refractivity contribution >= 4 is 0 Å². The monoisotopic (exact) mass is 316 g/mol. The van der Waals surface area contributed by atoms with Gasteiger partial charge in [0.25, 0.3) is 0 Å². The van der Waals surface area contributed by atoms with Crippen LogP contribution in [0.15, 0.2) is 30.3 Å². The molecule has 5 nitrogen and oxygen atoms in total. The van der Waals surface area contributed by atoms with Crippen molar-refractivity contribution < 1.29 is 23.7 Å². The van der Waals surface area contributed by atoms with Crippen molar-refractivity contribution in [1.82, 2.24) is 0 Å². The lowest BCUT2D eigenvalue weighted by Crippen LogP contribution is -2.01. The third kappa shape index (κ3) is 2.74. The molecule has 3 rings (SSSR count). The fourth-order valence-corrected chi connectivity index (χ4v) is 2.76. The van der Waals surface area contributed by atoms with Crippen molar-refractivity contribution in [2.24, 2.45) is 0 Å². The SMILES string of the molecule is COc1ccc([C@@H](C)c2cc3c(cc2OC)OCO3)cc1OC. The molecule has 1 aliphatic rings.